The van der Waals surface area contributed by atoms with E-state index in [4.69, 9.17) is 19.3 Å². The van der Waals surface area contributed by atoms with Gasteiger partial charge in [0.1, 0.15) is 23.4 Å². The lowest BCUT2D eigenvalue weighted by Crippen LogP contribution is -2.19. The standard InChI is InChI=1S/C27H27FN6O3/c1-15-13-31-32-16(2)25(15)17(3)37-23-10-20-21(11-22(23)35-4)34(24-7-5-6-8-36-24)33-26(20)19-9-18(12-29)27(28)30-14-19/h9-11,13-14,17,24H,5-8H2,1-4H3/t17-,24?/m1/s1. The van der Waals surface area contributed by atoms with Gasteiger partial charge in [0.05, 0.1) is 24.5 Å². The predicted octanol–water partition coefficient (Wildman–Crippen LogP) is 5.36. The van der Waals surface area contributed by atoms with Crippen molar-refractivity contribution < 1.29 is 18.6 Å². The lowest BCUT2D eigenvalue weighted by molar-refractivity contribution is -0.0365. The van der Waals surface area contributed by atoms with Gasteiger partial charge in [0.15, 0.2) is 17.7 Å². The van der Waals surface area contributed by atoms with E-state index in [2.05, 4.69) is 15.2 Å². The van der Waals surface area contributed by atoms with Gasteiger partial charge in [-0.25, -0.2) is 9.67 Å². The number of benzene rings is 1. The number of hydrogen-bond acceptors (Lipinski definition) is 8. The Morgan fingerprint density at radius 2 is 2.03 bits per heavy atom. The summed E-state index contributed by atoms with van der Waals surface area (Å²) in [6.45, 7) is 6.46. The van der Waals surface area contributed by atoms with Gasteiger partial charge >= 0.3 is 0 Å². The first-order valence-electron chi connectivity index (χ1n) is 12.1. The van der Waals surface area contributed by atoms with Gasteiger partial charge in [0.25, 0.3) is 0 Å². The summed E-state index contributed by atoms with van der Waals surface area (Å²) in [5.74, 6) is 0.232. The van der Waals surface area contributed by atoms with Crippen LogP contribution in [0.25, 0.3) is 22.2 Å². The highest BCUT2D eigenvalue weighted by Crippen LogP contribution is 2.41. The molecule has 0 bridgehead atoms. The molecule has 0 N–H and O–H groups in total. The summed E-state index contributed by atoms with van der Waals surface area (Å²) in [7, 11) is 1.59. The Balaban J connectivity index is 1.67. The summed E-state index contributed by atoms with van der Waals surface area (Å²) in [4.78, 5) is 3.78. The Labute approximate surface area is 213 Å². The van der Waals surface area contributed by atoms with Crippen LogP contribution in [0.2, 0.25) is 0 Å². The van der Waals surface area contributed by atoms with Crippen LogP contribution in [-0.2, 0) is 4.74 Å². The molecule has 1 unspecified atom stereocenters. The largest absolute Gasteiger partial charge is 0.493 e. The van der Waals surface area contributed by atoms with Gasteiger partial charge in [-0.05, 0) is 57.7 Å². The molecular formula is C27H27FN6O3. The average Bonchev–Trinajstić information content (AvgIpc) is 3.27. The number of rotatable bonds is 6. The van der Waals surface area contributed by atoms with E-state index < -0.39 is 5.95 Å². The zero-order chi connectivity index (χ0) is 26.1. The second-order valence-electron chi connectivity index (χ2n) is 9.10. The maximum atomic E-state index is 14.0. The highest BCUT2D eigenvalue weighted by atomic mass is 19.1. The minimum Gasteiger partial charge on any atom is -0.493 e. The Morgan fingerprint density at radius 1 is 1.19 bits per heavy atom. The second-order valence-corrected chi connectivity index (χ2v) is 9.10. The van der Waals surface area contributed by atoms with Crippen molar-refractivity contribution in [3.63, 3.8) is 0 Å². The van der Waals surface area contributed by atoms with Gasteiger partial charge in [0, 0.05) is 35.4 Å². The van der Waals surface area contributed by atoms with Crippen molar-refractivity contribution >= 4 is 10.9 Å². The molecule has 1 fully saturated rings. The number of pyridine rings is 1. The van der Waals surface area contributed by atoms with Crippen molar-refractivity contribution in [2.45, 2.75) is 52.4 Å². The third kappa shape index (κ3) is 4.58. The molecule has 0 spiro atoms. The number of hydrogen-bond donors (Lipinski definition) is 0. The van der Waals surface area contributed by atoms with E-state index in [0.29, 0.717) is 29.4 Å². The summed E-state index contributed by atoms with van der Waals surface area (Å²) < 4.78 is 34.0. The predicted molar refractivity (Wildman–Crippen MR) is 134 cm³/mol. The Bertz CT molecular complexity index is 1490. The van der Waals surface area contributed by atoms with Crippen molar-refractivity contribution in [2.75, 3.05) is 13.7 Å². The van der Waals surface area contributed by atoms with Crippen LogP contribution in [0.5, 0.6) is 11.5 Å². The molecule has 0 amide bonds. The number of aromatic nitrogens is 5. The molecule has 5 rings (SSSR count). The molecule has 4 heterocycles. The van der Waals surface area contributed by atoms with Crippen molar-refractivity contribution in [3.8, 4) is 28.8 Å². The normalized spacial score (nSPS) is 16.4. The van der Waals surface area contributed by atoms with Crippen LogP contribution in [-0.4, -0.2) is 38.7 Å². The third-order valence-corrected chi connectivity index (χ3v) is 6.64. The first-order valence-corrected chi connectivity index (χ1v) is 12.1. The van der Waals surface area contributed by atoms with E-state index in [1.165, 1.54) is 12.3 Å². The van der Waals surface area contributed by atoms with Gasteiger partial charge in [-0.1, -0.05) is 0 Å². The molecule has 10 heteroatoms. The van der Waals surface area contributed by atoms with Gasteiger partial charge in [-0.3, -0.25) is 0 Å². The highest BCUT2D eigenvalue weighted by molar-refractivity contribution is 5.95. The molecule has 0 aliphatic carbocycles. The second kappa shape index (κ2) is 10.1. The van der Waals surface area contributed by atoms with Crippen molar-refractivity contribution in [3.05, 3.63) is 58.9 Å². The fraction of sp³-hybridized carbons (Fsp3) is 0.370. The fourth-order valence-electron chi connectivity index (χ4n) is 4.88. The van der Waals surface area contributed by atoms with Gasteiger partial charge in [-0.15, -0.1) is 0 Å². The molecule has 2 atom stereocenters. The monoisotopic (exact) mass is 502 g/mol. The molecule has 4 aromatic rings. The molecule has 9 nitrogen and oxygen atoms in total. The minimum atomic E-state index is -0.818. The van der Waals surface area contributed by atoms with E-state index in [9.17, 15) is 9.65 Å². The number of methoxy groups -OCH3 is 1. The SMILES string of the molecule is COc1cc2c(cc1O[C@H](C)c1c(C)cnnc1C)c(-c1cnc(F)c(C#N)c1)nn2C1CCCCO1. The number of nitrogens with zero attached hydrogens (tertiary/aromatic N) is 6. The Kier molecular flexibility index (Phi) is 6.72. The van der Waals surface area contributed by atoms with Crippen LogP contribution in [0.4, 0.5) is 4.39 Å². The first kappa shape index (κ1) is 24.6. The number of fused-ring (bicyclic) bond motifs is 1. The van der Waals surface area contributed by atoms with Crippen molar-refractivity contribution in [2.24, 2.45) is 0 Å². The van der Waals surface area contributed by atoms with Crippen LogP contribution < -0.4 is 9.47 Å². The number of ether oxygens (including phenoxy) is 3. The topological polar surface area (TPSA) is 108 Å². The molecule has 1 aliphatic rings. The Hall–Kier alpha value is -4.10. The van der Waals surface area contributed by atoms with E-state index in [0.717, 1.165) is 47.0 Å². The van der Waals surface area contributed by atoms with Crippen molar-refractivity contribution in [1.29, 1.82) is 5.26 Å². The van der Waals surface area contributed by atoms with E-state index in [-0.39, 0.29) is 17.9 Å². The number of nitriles is 1. The van der Waals surface area contributed by atoms with Crippen LogP contribution in [0.1, 0.15) is 60.9 Å². The maximum Gasteiger partial charge on any atom is 0.230 e. The van der Waals surface area contributed by atoms with Crippen molar-refractivity contribution in [1.82, 2.24) is 25.0 Å². The van der Waals surface area contributed by atoms with Gasteiger partial charge < -0.3 is 14.2 Å². The smallest absolute Gasteiger partial charge is 0.230 e. The molecular weight excluding hydrogens is 475 g/mol. The lowest BCUT2D eigenvalue weighted by atomic mass is 10.0. The quantitative estimate of drug-likeness (QED) is 0.324. The first-order chi connectivity index (χ1) is 17.9. The van der Waals surface area contributed by atoms with E-state index in [1.807, 2.05) is 43.7 Å². The molecule has 37 heavy (non-hydrogen) atoms. The third-order valence-electron chi connectivity index (χ3n) is 6.64. The molecule has 1 aliphatic heterocycles. The van der Waals surface area contributed by atoms with E-state index >= 15 is 0 Å². The van der Waals surface area contributed by atoms with Crippen LogP contribution >= 0.6 is 0 Å². The summed E-state index contributed by atoms with van der Waals surface area (Å²) in [6.07, 6.45) is 5.34. The summed E-state index contributed by atoms with van der Waals surface area (Å²) in [5, 5.41) is 23.1. The molecule has 3 aromatic heterocycles. The van der Waals surface area contributed by atoms with Crippen LogP contribution in [0.15, 0.2) is 30.6 Å². The van der Waals surface area contributed by atoms with Crippen LogP contribution in [0.3, 0.4) is 0 Å². The zero-order valence-corrected chi connectivity index (χ0v) is 21.2. The summed E-state index contributed by atoms with van der Waals surface area (Å²) in [6, 6.07) is 7.05. The zero-order valence-electron chi connectivity index (χ0n) is 21.2. The molecule has 190 valence electrons. The minimum absolute atomic E-state index is 0.149. The average molecular weight is 503 g/mol. The molecule has 0 saturated carbocycles. The summed E-state index contributed by atoms with van der Waals surface area (Å²) in [5.41, 5.74) is 4.41. The lowest BCUT2D eigenvalue weighted by Gasteiger charge is -2.24. The fourth-order valence-corrected chi connectivity index (χ4v) is 4.88. The molecule has 0 radical (unpaired) electrons. The molecule has 1 aromatic carbocycles. The van der Waals surface area contributed by atoms with E-state index in [1.54, 1.807) is 13.3 Å². The van der Waals surface area contributed by atoms with Gasteiger partial charge in [0.2, 0.25) is 5.95 Å². The Morgan fingerprint density at radius 3 is 2.73 bits per heavy atom. The number of halogens is 1. The van der Waals surface area contributed by atoms with Crippen LogP contribution in [0, 0.1) is 31.1 Å². The highest BCUT2D eigenvalue weighted by Gasteiger charge is 2.25. The van der Waals surface area contributed by atoms with Gasteiger partial charge in [-0.2, -0.15) is 24.9 Å². The summed E-state index contributed by atoms with van der Waals surface area (Å²) >= 11 is 0. The number of aryl methyl sites for hydroxylation is 2. The molecule has 1 saturated heterocycles. The maximum absolute atomic E-state index is 14.0.